The number of esters is 1. The van der Waals surface area contributed by atoms with Gasteiger partial charge in [0.2, 0.25) is 0 Å². The molecular formula is C29H46O5. The fourth-order valence-corrected chi connectivity index (χ4v) is 7.66. The highest BCUT2D eigenvalue weighted by Gasteiger charge is 2.52. The van der Waals surface area contributed by atoms with Gasteiger partial charge in [-0.25, -0.2) is 0 Å². The van der Waals surface area contributed by atoms with Crippen molar-refractivity contribution in [3.8, 4) is 0 Å². The number of hydrogen-bond acceptors (Lipinski definition) is 5. The zero-order chi connectivity index (χ0) is 24.3. The van der Waals surface area contributed by atoms with E-state index in [2.05, 4.69) is 19.1 Å². The molecule has 0 saturated heterocycles. The van der Waals surface area contributed by atoms with Crippen molar-refractivity contribution in [2.24, 2.45) is 23.2 Å². The molecule has 0 aromatic rings. The molecule has 3 N–H and O–H groups in total. The lowest BCUT2D eigenvalue weighted by molar-refractivity contribution is -0.160. The minimum absolute atomic E-state index is 0.0891. The Morgan fingerprint density at radius 1 is 1.03 bits per heavy atom. The van der Waals surface area contributed by atoms with E-state index in [4.69, 9.17) is 4.74 Å². The first-order valence-corrected chi connectivity index (χ1v) is 13.8. The van der Waals surface area contributed by atoms with Crippen LogP contribution in [0.15, 0.2) is 23.3 Å². The van der Waals surface area contributed by atoms with Gasteiger partial charge in [0.05, 0.1) is 23.7 Å². The van der Waals surface area contributed by atoms with Crippen LogP contribution in [0.3, 0.4) is 0 Å². The summed E-state index contributed by atoms with van der Waals surface area (Å²) in [5.74, 6) is 0.463. The number of fused-ring (bicyclic) bond motifs is 1. The molecule has 0 aromatic heterocycles. The van der Waals surface area contributed by atoms with Crippen molar-refractivity contribution in [3.63, 3.8) is 0 Å². The average molecular weight is 475 g/mol. The minimum atomic E-state index is -0.845. The Balaban J connectivity index is 1.40. The van der Waals surface area contributed by atoms with Crippen LogP contribution in [-0.2, 0) is 9.53 Å². The Labute approximate surface area is 205 Å². The van der Waals surface area contributed by atoms with E-state index in [-0.39, 0.29) is 23.9 Å². The van der Waals surface area contributed by atoms with Crippen molar-refractivity contribution in [1.29, 1.82) is 0 Å². The van der Waals surface area contributed by atoms with Crippen LogP contribution in [0.4, 0.5) is 0 Å². The molecule has 0 bridgehead atoms. The number of allylic oxidation sites excluding steroid dienone is 3. The Morgan fingerprint density at radius 3 is 2.38 bits per heavy atom. The first kappa shape index (κ1) is 25.9. The first-order chi connectivity index (χ1) is 16.2. The van der Waals surface area contributed by atoms with Crippen molar-refractivity contribution in [3.05, 3.63) is 23.3 Å². The van der Waals surface area contributed by atoms with Crippen LogP contribution in [-0.4, -0.2) is 45.7 Å². The SMILES string of the molecule is C[C@H](C(=O)OCC1(O)CCCCCC1)[C@H]1CC[C@H]2/C(=C/C=C3C[C@@H](O)C[C@H](O)C3)CCC[C@]12C. The predicted octanol–water partition coefficient (Wildman–Crippen LogP) is 5.23. The normalized spacial score (nSPS) is 38.1. The molecular weight excluding hydrogens is 428 g/mol. The highest BCUT2D eigenvalue weighted by atomic mass is 16.5. The van der Waals surface area contributed by atoms with Crippen LogP contribution < -0.4 is 0 Å². The molecule has 0 unspecified atom stereocenters. The molecule has 0 radical (unpaired) electrons. The molecule has 5 nitrogen and oxygen atoms in total. The highest BCUT2D eigenvalue weighted by molar-refractivity contribution is 5.72. The molecule has 0 spiro atoms. The van der Waals surface area contributed by atoms with Crippen LogP contribution in [0.25, 0.3) is 0 Å². The minimum Gasteiger partial charge on any atom is -0.462 e. The van der Waals surface area contributed by atoms with Gasteiger partial charge in [-0.15, -0.1) is 0 Å². The summed E-state index contributed by atoms with van der Waals surface area (Å²) in [6.45, 7) is 4.54. The molecule has 4 saturated carbocycles. The number of aliphatic hydroxyl groups excluding tert-OH is 2. The monoisotopic (exact) mass is 474 g/mol. The molecule has 192 valence electrons. The van der Waals surface area contributed by atoms with Crippen molar-refractivity contribution in [2.75, 3.05) is 6.61 Å². The smallest absolute Gasteiger partial charge is 0.309 e. The molecule has 4 aliphatic rings. The predicted molar refractivity (Wildman–Crippen MR) is 133 cm³/mol. The van der Waals surface area contributed by atoms with Crippen LogP contribution in [0.2, 0.25) is 0 Å². The molecule has 0 aromatic carbocycles. The third-order valence-electron chi connectivity index (χ3n) is 9.60. The lowest BCUT2D eigenvalue weighted by atomic mass is 9.61. The number of hydrogen-bond donors (Lipinski definition) is 3. The summed E-state index contributed by atoms with van der Waals surface area (Å²) in [6, 6.07) is 0. The maximum absolute atomic E-state index is 13.1. The molecule has 34 heavy (non-hydrogen) atoms. The standard InChI is InChI=1S/C29H46O5/c1-20(27(32)34-19-29(33)14-5-3-4-6-15-29)25-11-12-26-22(8-7-13-28(25,26)2)10-9-21-16-23(30)18-24(31)17-21/h9-10,20,23-26,30-31,33H,3-8,11-19H2,1-2H3/b22-10+/t20-,23+,24+,25+,26-,28+/m0/s1. The Bertz CT molecular complexity index is 765. The van der Waals surface area contributed by atoms with E-state index < -0.39 is 17.8 Å². The number of aliphatic hydroxyl groups is 3. The summed E-state index contributed by atoms with van der Waals surface area (Å²) in [7, 11) is 0. The summed E-state index contributed by atoms with van der Waals surface area (Å²) in [5, 5.41) is 30.9. The highest BCUT2D eigenvalue weighted by Crippen LogP contribution is 2.59. The van der Waals surface area contributed by atoms with Crippen molar-refractivity contribution in [1.82, 2.24) is 0 Å². The number of carbonyl (C=O) groups is 1. The van der Waals surface area contributed by atoms with E-state index >= 15 is 0 Å². The van der Waals surface area contributed by atoms with E-state index in [1.807, 2.05) is 6.92 Å². The van der Waals surface area contributed by atoms with Gasteiger partial charge in [0.15, 0.2) is 0 Å². The van der Waals surface area contributed by atoms with Gasteiger partial charge >= 0.3 is 5.97 Å². The third-order valence-corrected chi connectivity index (χ3v) is 9.60. The summed E-state index contributed by atoms with van der Waals surface area (Å²) >= 11 is 0. The van der Waals surface area contributed by atoms with Gasteiger partial charge in [-0.2, -0.15) is 0 Å². The number of carbonyl (C=O) groups excluding carboxylic acids is 1. The maximum atomic E-state index is 13.1. The summed E-state index contributed by atoms with van der Waals surface area (Å²) in [5.41, 5.74) is 1.84. The summed E-state index contributed by atoms with van der Waals surface area (Å²) in [4.78, 5) is 13.1. The quantitative estimate of drug-likeness (QED) is 0.375. The zero-order valence-corrected chi connectivity index (χ0v) is 21.3. The third kappa shape index (κ3) is 5.79. The molecule has 4 fully saturated rings. The van der Waals surface area contributed by atoms with E-state index in [9.17, 15) is 20.1 Å². The van der Waals surface area contributed by atoms with Crippen LogP contribution in [0.1, 0.15) is 104 Å². The van der Waals surface area contributed by atoms with Gasteiger partial charge in [0, 0.05) is 0 Å². The Kier molecular flexibility index (Phi) is 8.26. The van der Waals surface area contributed by atoms with Crippen LogP contribution in [0, 0.1) is 23.2 Å². The second kappa shape index (κ2) is 10.8. The molecule has 0 aliphatic heterocycles. The van der Waals surface area contributed by atoms with E-state index in [0.29, 0.717) is 31.1 Å². The average Bonchev–Trinajstić information content (AvgIpc) is 2.99. The molecule has 4 aliphatic carbocycles. The van der Waals surface area contributed by atoms with Gasteiger partial charge in [-0.05, 0) is 81.5 Å². The second-order valence-corrected chi connectivity index (χ2v) is 12.1. The van der Waals surface area contributed by atoms with Gasteiger partial charge in [0.25, 0.3) is 0 Å². The molecule has 0 heterocycles. The van der Waals surface area contributed by atoms with E-state index in [1.54, 1.807) is 0 Å². The second-order valence-electron chi connectivity index (χ2n) is 12.1. The zero-order valence-electron chi connectivity index (χ0n) is 21.3. The van der Waals surface area contributed by atoms with Gasteiger partial charge in [-0.1, -0.05) is 62.8 Å². The largest absolute Gasteiger partial charge is 0.462 e. The van der Waals surface area contributed by atoms with Crippen LogP contribution in [0.5, 0.6) is 0 Å². The molecule has 0 amide bonds. The number of ether oxygens (including phenoxy) is 1. The van der Waals surface area contributed by atoms with E-state index in [1.165, 1.54) is 5.57 Å². The lowest BCUT2D eigenvalue weighted by Crippen LogP contribution is -2.40. The summed E-state index contributed by atoms with van der Waals surface area (Å²) in [6.07, 6.45) is 16.6. The fourth-order valence-electron chi connectivity index (χ4n) is 7.66. The van der Waals surface area contributed by atoms with Crippen LogP contribution >= 0.6 is 0 Å². The molecule has 4 rings (SSSR count). The maximum Gasteiger partial charge on any atom is 0.309 e. The van der Waals surface area contributed by atoms with Gasteiger partial charge < -0.3 is 20.1 Å². The van der Waals surface area contributed by atoms with Crippen molar-refractivity contribution >= 4 is 5.97 Å². The fraction of sp³-hybridized carbons (Fsp3) is 0.828. The van der Waals surface area contributed by atoms with Crippen molar-refractivity contribution < 1.29 is 24.9 Å². The van der Waals surface area contributed by atoms with Gasteiger partial charge in [0.1, 0.15) is 6.61 Å². The first-order valence-electron chi connectivity index (χ1n) is 13.8. The summed E-state index contributed by atoms with van der Waals surface area (Å²) < 4.78 is 5.75. The Hall–Kier alpha value is -1.17. The van der Waals surface area contributed by atoms with Crippen molar-refractivity contribution in [2.45, 2.75) is 122 Å². The topological polar surface area (TPSA) is 87.0 Å². The lowest BCUT2D eigenvalue weighted by Gasteiger charge is -2.44. The molecule has 6 atom stereocenters. The molecule has 5 heteroatoms. The number of rotatable bonds is 5. The Morgan fingerprint density at radius 2 is 1.71 bits per heavy atom. The van der Waals surface area contributed by atoms with Gasteiger partial charge in [-0.3, -0.25) is 4.79 Å². The van der Waals surface area contributed by atoms with E-state index in [0.717, 1.165) is 76.2 Å².